The number of carbonyl (C=O) groups excluding carboxylic acids is 2. The number of furan rings is 1. The molecule has 0 aliphatic heterocycles. The molecule has 0 spiro atoms. The van der Waals surface area contributed by atoms with E-state index in [2.05, 4.69) is 17.6 Å². The Morgan fingerprint density at radius 2 is 2.17 bits per heavy atom. The first-order valence-electron chi connectivity index (χ1n) is 8.30. The highest BCUT2D eigenvalue weighted by atomic mass is 16.5. The minimum atomic E-state index is -0.606. The quantitative estimate of drug-likeness (QED) is 0.754. The monoisotopic (exact) mass is 322 g/mol. The highest BCUT2D eigenvalue weighted by Gasteiger charge is 2.22. The van der Waals surface area contributed by atoms with Crippen molar-refractivity contribution in [1.82, 2.24) is 10.6 Å². The fraction of sp³-hybridized carbons (Fsp3) is 0.647. The van der Waals surface area contributed by atoms with Gasteiger partial charge < -0.3 is 19.8 Å². The molecule has 1 saturated carbocycles. The largest absolute Gasteiger partial charge is 0.472 e. The van der Waals surface area contributed by atoms with Gasteiger partial charge in [0.1, 0.15) is 12.3 Å². The Balaban J connectivity index is 1.63. The summed E-state index contributed by atoms with van der Waals surface area (Å²) in [4.78, 5) is 23.8. The lowest BCUT2D eigenvalue weighted by atomic mass is 9.88. The smallest absolute Gasteiger partial charge is 0.255 e. The molecular weight excluding hydrogens is 296 g/mol. The summed E-state index contributed by atoms with van der Waals surface area (Å²) in [7, 11) is 0. The summed E-state index contributed by atoms with van der Waals surface area (Å²) in [6.07, 6.45) is 7.89. The number of carbonyl (C=O) groups is 2. The van der Waals surface area contributed by atoms with Gasteiger partial charge in [-0.1, -0.05) is 19.8 Å². The van der Waals surface area contributed by atoms with Crippen LogP contribution in [0.1, 0.15) is 49.9 Å². The topological polar surface area (TPSA) is 80.6 Å². The summed E-state index contributed by atoms with van der Waals surface area (Å²) in [5.74, 6) is 0.0449. The SMILES string of the molecule is C[C@H](NC(=O)c1ccoc1)C(=O)NCCO[C@H]1CCCC[C@H]1C. The lowest BCUT2D eigenvalue weighted by molar-refractivity contribution is -0.123. The summed E-state index contributed by atoms with van der Waals surface area (Å²) in [5.41, 5.74) is 0.402. The normalized spacial score (nSPS) is 22.3. The Hall–Kier alpha value is -1.82. The van der Waals surface area contributed by atoms with Crippen molar-refractivity contribution in [1.29, 1.82) is 0 Å². The van der Waals surface area contributed by atoms with E-state index in [1.54, 1.807) is 13.0 Å². The van der Waals surface area contributed by atoms with Crippen LogP contribution in [-0.2, 0) is 9.53 Å². The van der Waals surface area contributed by atoms with E-state index in [9.17, 15) is 9.59 Å². The second kappa shape index (κ2) is 8.72. The van der Waals surface area contributed by atoms with Crippen LogP contribution >= 0.6 is 0 Å². The van der Waals surface area contributed by atoms with Gasteiger partial charge in [-0.15, -0.1) is 0 Å². The molecule has 0 aromatic carbocycles. The van der Waals surface area contributed by atoms with Crippen LogP contribution < -0.4 is 10.6 Å². The average Bonchev–Trinajstić information content (AvgIpc) is 3.07. The molecule has 2 N–H and O–H groups in total. The molecule has 2 amide bonds. The van der Waals surface area contributed by atoms with Gasteiger partial charge in [-0.05, 0) is 31.7 Å². The molecule has 0 saturated heterocycles. The van der Waals surface area contributed by atoms with Crippen molar-refractivity contribution in [2.45, 2.75) is 51.7 Å². The Labute approximate surface area is 137 Å². The lowest BCUT2D eigenvalue weighted by Gasteiger charge is -2.28. The van der Waals surface area contributed by atoms with E-state index in [0.29, 0.717) is 30.7 Å². The second-order valence-electron chi connectivity index (χ2n) is 6.17. The molecule has 1 aromatic rings. The minimum Gasteiger partial charge on any atom is -0.472 e. The zero-order chi connectivity index (χ0) is 16.7. The van der Waals surface area contributed by atoms with Gasteiger partial charge in [-0.3, -0.25) is 9.59 Å². The van der Waals surface area contributed by atoms with E-state index >= 15 is 0 Å². The van der Waals surface area contributed by atoms with Crippen molar-refractivity contribution >= 4 is 11.8 Å². The van der Waals surface area contributed by atoms with Crippen LogP contribution in [0, 0.1) is 5.92 Å². The molecule has 0 unspecified atom stereocenters. The average molecular weight is 322 g/mol. The third-order valence-electron chi connectivity index (χ3n) is 4.29. The maximum Gasteiger partial charge on any atom is 0.255 e. The summed E-state index contributed by atoms with van der Waals surface area (Å²) >= 11 is 0. The van der Waals surface area contributed by atoms with Crippen LogP contribution in [0.5, 0.6) is 0 Å². The van der Waals surface area contributed by atoms with Crippen LogP contribution in [0.25, 0.3) is 0 Å². The van der Waals surface area contributed by atoms with Crippen molar-refractivity contribution in [2.75, 3.05) is 13.2 Å². The molecule has 128 valence electrons. The molecule has 1 aliphatic rings. The molecule has 1 aromatic heterocycles. The molecule has 23 heavy (non-hydrogen) atoms. The molecule has 6 nitrogen and oxygen atoms in total. The number of hydrogen-bond acceptors (Lipinski definition) is 4. The van der Waals surface area contributed by atoms with E-state index in [4.69, 9.17) is 9.15 Å². The summed E-state index contributed by atoms with van der Waals surface area (Å²) in [6.45, 7) is 4.82. The fourth-order valence-electron chi connectivity index (χ4n) is 2.81. The van der Waals surface area contributed by atoms with Gasteiger partial charge in [0.25, 0.3) is 5.91 Å². The van der Waals surface area contributed by atoms with E-state index in [0.717, 1.165) is 6.42 Å². The van der Waals surface area contributed by atoms with Gasteiger partial charge in [0.05, 0.1) is 24.5 Å². The Kier molecular flexibility index (Phi) is 6.65. The van der Waals surface area contributed by atoms with E-state index in [1.165, 1.54) is 31.8 Å². The highest BCUT2D eigenvalue weighted by molar-refractivity contribution is 5.97. The number of ether oxygens (including phenoxy) is 1. The highest BCUT2D eigenvalue weighted by Crippen LogP contribution is 2.25. The van der Waals surface area contributed by atoms with Gasteiger partial charge in [0.15, 0.2) is 0 Å². The van der Waals surface area contributed by atoms with Crippen LogP contribution in [0.3, 0.4) is 0 Å². The molecule has 1 aliphatic carbocycles. The Bertz CT molecular complexity index is 501. The van der Waals surface area contributed by atoms with Crippen molar-refractivity contribution in [3.8, 4) is 0 Å². The van der Waals surface area contributed by atoms with Crippen molar-refractivity contribution < 1.29 is 18.7 Å². The molecule has 1 heterocycles. The third kappa shape index (κ3) is 5.39. The summed E-state index contributed by atoms with van der Waals surface area (Å²) in [5, 5.41) is 5.41. The fourth-order valence-corrected chi connectivity index (χ4v) is 2.81. The first-order chi connectivity index (χ1) is 11.1. The Morgan fingerprint density at radius 3 is 2.87 bits per heavy atom. The molecular formula is C17H26N2O4. The lowest BCUT2D eigenvalue weighted by Crippen LogP contribution is -2.45. The molecule has 0 radical (unpaired) electrons. The third-order valence-corrected chi connectivity index (χ3v) is 4.29. The van der Waals surface area contributed by atoms with Crippen molar-refractivity contribution in [2.24, 2.45) is 5.92 Å². The second-order valence-corrected chi connectivity index (χ2v) is 6.17. The van der Waals surface area contributed by atoms with E-state index in [1.807, 2.05) is 0 Å². The Morgan fingerprint density at radius 1 is 1.39 bits per heavy atom. The first-order valence-corrected chi connectivity index (χ1v) is 8.30. The molecule has 3 atom stereocenters. The van der Waals surface area contributed by atoms with Crippen molar-refractivity contribution in [3.05, 3.63) is 24.2 Å². The molecule has 6 heteroatoms. The van der Waals surface area contributed by atoms with E-state index < -0.39 is 6.04 Å². The maximum absolute atomic E-state index is 12.0. The molecule has 2 rings (SSSR count). The summed E-state index contributed by atoms with van der Waals surface area (Å²) < 4.78 is 10.7. The minimum absolute atomic E-state index is 0.220. The first kappa shape index (κ1) is 17.5. The van der Waals surface area contributed by atoms with Gasteiger partial charge in [-0.25, -0.2) is 0 Å². The standard InChI is InChI=1S/C17H26N2O4/c1-12-5-3-4-6-15(12)23-10-8-18-16(20)13(2)19-17(21)14-7-9-22-11-14/h7,9,11-13,15H,3-6,8,10H2,1-2H3,(H,18,20)(H,19,21)/t12-,13+,15+/m1/s1. The van der Waals surface area contributed by atoms with Crippen LogP contribution in [0.4, 0.5) is 0 Å². The van der Waals surface area contributed by atoms with Gasteiger partial charge in [0.2, 0.25) is 5.91 Å². The number of nitrogens with one attached hydrogen (secondary N) is 2. The summed E-state index contributed by atoms with van der Waals surface area (Å²) in [6, 6.07) is 0.949. The van der Waals surface area contributed by atoms with Crippen LogP contribution in [0.15, 0.2) is 23.0 Å². The van der Waals surface area contributed by atoms with Crippen LogP contribution in [-0.4, -0.2) is 37.1 Å². The van der Waals surface area contributed by atoms with Crippen LogP contribution in [0.2, 0.25) is 0 Å². The number of rotatable bonds is 7. The predicted octanol–water partition coefficient (Wildman–Crippen LogP) is 2.11. The van der Waals surface area contributed by atoms with Crippen molar-refractivity contribution in [3.63, 3.8) is 0 Å². The van der Waals surface area contributed by atoms with Gasteiger partial charge in [0, 0.05) is 6.54 Å². The number of amides is 2. The zero-order valence-electron chi connectivity index (χ0n) is 13.8. The zero-order valence-corrected chi connectivity index (χ0v) is 13.8. The molecule has 1 fully saturated rings. The maximum atomic E-state index is 12.0. The molecule has 0 bridgehead atoms. The van der Waals surface area contributed by atoms with Gasteiger partial charge >= 0.3 is 0 Å². The van der Waals surface area contributed by atoms with E-state index in [-0.39, 0.29) is 11.8 Å². The van der Waals surface area contributed by atoms with Gasteiger partial charge in [-0.2, -0.15) is 0 Å². The predicted molar refractivity (Wildman–Crippen MR) is 86.0 cm³/mol. The number of hydrogen-bond donors (Lipinski definition) is 2.